The number of hydrogen-bond donors (Lipinski definition) is 1. The Morgan fingerprint density at radius 1 is 0.821 bits per heavy atom. The fourth-order valence-electron chi connectivity index (χ4n) is 2.52. The van der Waals surface area contributed by atoms with Gasteiger partial charge in [0.1, 0.15) is 11.3 Å². The summed E-state index contributed by atoms with van der Waals surface area (Å²) in [6.45, 7) is 1.47. The Kier molecular flexibility index (Phi) is 7.08. The second-order valence-electron chi connectivity index (χ2n) is 5.62. The van der Waals surface area contributed by atoms with E-state index < -0.39 is 18.0 Å². The Balaban J connectivity index is 2.17. The van der Waals surface area contributed by atoms with Gasteiger partial charge in [0.25, 0.3) is 5.91 Å². The predicted octanol–water partition coefficient (Wildman–Crippen LogP) is 2.91. The normalized spacial score (nSPS) is 11.2. The number of rotatable bonds is 8. The molecule has 1 N–H and O–H groups in total. The largest absolute Gasteiger partial charge is 0.495 e. The molecule has 0 aliphatic heterocycles. The van der Waals surface area contributed by atoms with E-state index in [4.69, 9.17) is 23.7 Å². The molecular formula is C20H23NO7. The van der Waals surface area contributed by atoms with Crippen LogP contribution in [0.3, 0.4) is 0 Å². The molecule has 1 atom stereocenters. The SMILES string of the molecule is COc1ccccc1NC(=O)C(C)OC(=O)c1ccc(OC)c(OC)c1OC. The van der Waals surface area contributed by atoms with Crippen molar-refractivity contribution in [3.8, 4) is 23.0 Å². The van der Waals surface area contributed by atoms with Crippen LogP contribution in [0.2, 0.25) is 0 Å². The Morgan fingerprint density at radius 3 is 2.07 bits per heavy atom. The molecule has 2 aromatic carbocycles. The predicted molar refractivity (Wildman–Crippen MR) is 103 cm³/mol. The molecule has 0 fully saturated rings. The molecule has 0 heterocycles. The first-order valence-corrected chi connectivity index (χ1v) is 8.40. The molecule has 0 saturated carbocycles. The van der Waals surface area contributed by atoms with Crippen LogP contribution >= 0.6 is 0 Å². The molecule has 28 heavy (non-hydrogen) atoms. The zero-order valence-electron chi connectivity index (χ0n) is 16.4. The number of anilines is 1. The van der Waals surface area contributed by atoms with Gasteiger partial charge in [0.15, 0.2) is 17.6 Å². The van der Waals surface area contributed by atoms with E-state index in [0.717, 1.165) is 0 Å². The van der Waals surface area contributed by atoms with Gasteiger partial charge in [-0.3, -0.25) is 4.79 Å². The fraction of sp³-hybridized carbons (Fsp3) is 0.300. The lowest BCUT2D eigenvalue weighted by Crippen LogP contribution is -2.30. The van der Waals surface area contributed by atoms with Gasteiger partial charge in [-0.15, -0.1) is 0 Å². The van der Waals surface area contributed by atoms with Gasteiger partial charge in [0, 0.05) is 0 Å². The molecule has 1 unspecified atom stereocenters. The quantitative estimate of drug-likeness (QED) is 0.694. The van der Waals surface area contributed by atoms with Crippen LogP contribution in [0.1, 0.15) is 17.3 Å². The highest BCUT2D eigenvalue weighted by atomic mass is 16.6. The van der Waals surface area contributed by atoms with Crippen molar-refractivity contribution in [2.45, 2.75) is 13.0 Å². The molecule has 0 bridgehead atoms. The Hall–Kier alpha value is -3.42. The first-order chi connectivity index (χ1) is 13.5. The van der Waals surface area contributed by atoms with Crippen LogP contribution in [-0.4, -0.2) is 46.4 Å². The number of carbonyl (C=O) groups excluding carboxylic acids is 2. The van der Waals surface area contributed by atoms with Crippen LogP contribution in [0.4, 0.5) is 5.69 Å². The molecule has 1 amide bonds. The van der Waals surface area contributed by atoms with E-state index >= 15 is 0 Å². The maximum absolute atomic E-state index is 12.6. The zero-order valence-corrected chi connectivity index (χ0v) is 16.4. The minimum atomic E-state index is -1.06. The second-order valence-corrected chi connectivity index (χ2v) is 5.62. The molecule has 8 nitrogen and oxygen atoms in total. The fourth-order valence-corrected chi connectivity index (χ4v) is 2.52. The summed E-state index contributed by atoms with van der Waals surface area (Å²) in [7, 11) is 5.79. The summed E-state index contributed by atoms with van der Waals surface area (Å²) in [5, 5.41) is 2.67. The van der Waals surface area contributed by atoms with Gasteiger partial charge in [-0.1, -0.05) is 12.1 Å². The Bertz CT molecular complexity index is 850. The monoisotopic (exact) mass is 389 g/mol. The number of esters is 1. The lowest BCUT2D eigenvalue weighted by Gasteiger charge is -2.17. The van der Waals surface area contributed by atoms with Crippen molar-refractivity contribution < 1.29 is 33.3 Å². The van der Waals surface area contributed by atoms with Crippen LogP contribution in [0, 0.1) is 0 Å². The third-order valence-corrected chi connectivity index (χ3v) is 3.94. The third kappa shape index (κ3) is 4.46. The van der Waals surface area contributed by atoms with Gasteiger partial charge in [0.2, 0.25) is 5.75 Å². The molecule has 0 aromatic heterocycles. The molecule has 2 rings (SSSR count). The minimum Gasteiger partial charge on any atom is -0.495 e. The van der Waals surface area contributed by atoms with Gasteiger partial charge >= 0.3 is 5.97 Å². The van der Waals surface area contributed by atoms with E-state index in [1.165, 1.54) is 41.4 Å². The molecule has 0 saturated heterocycles. The molecule has 0 spiro atoms. The third-order valence-electron chi connectivity index (χ3n) is 3.94. The summed E-state index contributed by atoms with van der Waals surface area (Å²) < 4.78 is 26.2. The molecule has 150 valence electrons. The van der Waals surface area contributed by atoms with E-state index in [-0.39, 0.29) is 17.1 Å². The lowest BCUT2D eigenvalue weighted by molar-refractivity contribution is -0.123. The summed E-state index contributed by atoms with van der Waals surface area (Å²) in [6.07, 6.45) is -1.06. The van der Waals surface area contributed by atoms with Crippen molar-refractivity contribution in [2.24, 2.45) is 0 Å². The van der Waals surface area contributed by atoms with Crippen LogP contribution in [-0.2, 0) is 9.53 Å². The van der Waals surface area contributed by atoms with Gasteiger partial charge in [-0.2, -0.15) is 0 Å². The van der Waals surface area contributed by atoms with Crippen molar-refractivity contribution in [3.05, 3.63) is 42.0 Å². The summed E-state index contributed by atoms with van der Waals surface area (Å²) in [4.78, 5) is 25.0. The summed E-state index contributed by atoms with van der Waals surface area (Å²) in [5.74, 6) is 0.0707. The van der Waals surface area contributed by atoms with Gasteiger partial charge in [-0.25, -0.2) is 4.79 Å². The number of amides is 1. The zero-order chi connectivity index (χ0) is 20.7. The van der Waals surface area contributed by atoms with Gasteiger partial charge in [0.05, 0.1) is 34.1 Å². The van der Waals surface area contributed by atoms with Gasteiger partial charge < -0.3 is 29.0 Å². The maximum Gasteiger partial charge on any atom is 0.342 e. The number of methoxy groups -OCH3 is 4. The van der Waals surface area contributed by atoms with E-state index in [9.17, 15) is 9.59 Å². The number of nitrogens with one attached hydrogen (secondary N) is 1. The molecule has 0 aliphatic carbocycles. The Labute approximate surface area is 163 Å². The second kappa shape index (κ2) is 9.50. The molecule has 2 aromatic rings. The van der Waals surface area contributed by atoms with E-state index in [1.807, 2.05) is 0 Å². The Morgan fingerprint density at radius 2 is 1.46 bits per heavy atom. The van der Waals surface area contributed by atoms with Crippen molar-refractivity contribution in [1.82, 2.24) is 0 Å². The van der Waals surface area contributed by atoms with E-state index in [0.29, 0.717) is 17.2 Å². The number of ether oxygens (including phenoxy) is 5. The highest BCUT2D eigenvalue weighted by molar-refractivity contribution is 5.99. The number of para-hydroxylation sites is 2. The standard InChI is InChI=1S/C20H23NO7/c1-12(19(22)21-14-8-6-7-9-15(14)24-2)28-20(23)13-10-11-16(25-3)18(27-5)17(13)26-4/h6-12H,1-5H3,(H,21,22). The highest BCUT2D eigenvalue weighted by Crippen LogP contribution is 2.40. The van der Waals surface area contributed by atoms with Crippen LogP contribution < -0.4 is 24.3 Å². The van der Waals surface area contributed by atoms with Crippen LogP contribution in [0.15, 0.2) is 36.4 Å². The molecular weight excluding hydrogens is 366 g/mol. The van der Waals surface area contributed by atoms with Crippen molar-refractivity contribution in [2.75, 3.05) is 33.8 Å². The minimum absolute atomic E-state index is 0.108. The molecule has 0 aliphatic rings. The molecule has 0 radical (unpaired) electrons. The smallest absolute Gasteiger partial charge is 0.342 e. The number of hydrogen-bond acceptors (Lipinski definition) is 7. The van der Waals surface area contributed by atoms with Crippen LogP contribution in [0.5, 0.6) is 23.0 Å². The number of carbonyl (C=O) groups is 2. The van der Waals surface area contributed by atoms with E-state index in [2.05, 4.69) is 5.32 Å². The summed E-state index contributed by atoms with van der Waals surface area (Å²) >= 11 is 0. The van der Waals surface area contributed by atoms with Gasteiger partial charge in [-0.05, 0) is 31.2 Å². The van der Waals surface area contributed by atoms with Crippen molar-refractivity contribution in [3.63, 3.8) is 0 Å². The van der Waals surface area contributed by atoms with E-state index in [1.54, 1.807) is 30.3 Å². The summed E-state index contributed by atoms with van der Waals surface area (Å²) in [6, 6.07) is 9.96. The first kappa shape index (κ1) is 20.9. The number of benzene rings is 2. The average Bonchev–Trinajstić information content (AvgIpc) is 2.72. The summed E-state index contributed by atoms with van der Waals surface area (Å²) in [5.41, 5.74) is 0.582. The highest BCUT2D eigenvalue weighted by Gasteiger charge is 2.25. The molecule has 8 heteroatoms. The lowest BCUT2D eigenvalue weighted by atomic mass is 10.1. The topological polar surface area (TPSA) is 92.3 Å². The van der Waals surface area contributed by atoms with Crippen LogP contribution in [0.25, 0.3) is 0 Å². The average molecular weight is 389 g/mol. The first-order valence-electron chi connectivity index (χ1n) is 8.40. The van der Waals surface area contributed by atoms with Crippen molar-refractivity contribution in [1.29, 1.82) is 0 Å². The van der Waals surface area contributed by atoms with Crippen molar-refractivity contribution >= 4 is 17.6 Å². The maximum atomic E-state index is 12.6.